The molecule has 3 aromatic rings. The minimum Gasteiger partial charge on any atom is -0.349 e. The molecule has 0 bridgehead atoms. The van der Waals surface area contributed by atoms with Gasteiger partial charge in [0.25, 0.3) is 5.78 Å². The molecule has 1 aliphatic rings. The van der Waals surface area contributed by atoms with E-state index < -0.39 is 0 Å². The van der Waals surface area contributed by atoms with Gasteiger partial charge in [-0.1, -0.05) is 17.7 Å². The number of rotatable bonds is 4. The third-order valence-electron chi connectivity index (χ3n) is 5.11. The van der Waals surface area contributed by atoms with Crippen LogP contribution in [0, 0.1) is 13.8 Å². The number of halogens is 1. The molecule has 26 heavy (non-hydrogen) atoms. The highest BCUT2D eigenvalue weighted by Crippen LogP contribution is 2.32. The number of aromatic nitrogens is 4. The highest BCUT2D eigenvalue weighted by atomic mass is 35.5. The van der Waals surface area contributed by atoms with Crippen molar-refractivity contribution >= 4 is 23.3 Å². The highest BCUT2D eigenvalue weighted by molar-refractivity contribution is 6.30. The summed E-state index contributed by atoms with van der Waals surface area (Å²) in [6.45, 7) is 3.94. The van der Waals surface area contributed by atoms with Crippen molar-refractivity contribution in [2.45, 2.75) is 45.6 Å². The summed E-state index contributed by atoms with van der Waals surface area (Å²) in [4.78, 5) is 21.1. The van der Waals surface area contributed by atoms with Gasteiger partial charge in [0.2, 0.25) is 5.91 Å². The van der Waals surface area contributed by atoms with Crippen LogP contribution in [0.5, 0.6) is 0 Å². The zero-order valence-corrected chi connectivity index (χ0v) is 15.5. The fourth-order valence-corrected chi connectivity index (χ4v) is 3.95. The number of hydrogen-bond donors (Lipinski definition) is 1. The molecule has 2 heterocycles. The summed E-state index contributed by atoms with van der Waals surface area (Å²) in [5.41, 5.74) is 5.35. The summed E-state index contributed by atoms with van der Waals surface area (Å²) in [5.74, 6) is 0.643. The SMILES string of the molecule is Cc1nc2ncnn2c(C)c1CCC(=O)NC1CCc2cc(Cl)ccc21. The molecule has 0 spiro atoms. The smallest absolute Gasteiger partial charge is 0.252 e. The predicted octanol–water partition coefficient (Wildman–Crippen LogP) is 3.13. The number of carbonyl (C=O) groups is 1. The maximum Gasteiger partial charge on any atom is 0.252 e. The summed E-state index contributed by atoms with van der Waals surface area (Å²) >= 11 is 6.05. The molecular formula is C19H20ClN5O. The first kappa shape index (κ1) is 17.0. The number of nitrogens with one attached hydrogen (secondary N) is 1. The lowest BCUT2D eigenvalue weighted by molar-refractivity contribution is -0.121. The lowest BCUT2D eigenvalue weighted by Gasteiger charge is -2.15. The Morgan fingerprint density at radius 2 is 2.23 bits per heavy atom. The van der Waals surface area contributed by atoms with Gasteiger partial charge < -0.3 is 5.32 Å². The maximum absolute atomic E-state index is 12.5. The molecule has 0 fully saturated rings. The van der Waals surface area contributed by atoms with E-state index in [1.165, 1.54) is 17.5 Å². The quantitative estimate of drug-likeness (QED) is 0.766. The van der Waals surface area contributed by atoms with Crippen LogP contribution in [0.25, 0.3) is 5.78 Å². The lowest BCUT2D eigenvalue weighted by Crippen LogP contribution is -2.27. The molecule has 0 aliphatic heterocycles. The van der Waals surface area contributed by atoms with Crippen molar-refractivity contribution in [1.82, 2.24) is 24.9 Å². The van der Waals surface area contributed by atoms with Gasteiger partial charge in [-0.15, -0.1) is 0 Å². The van der Waals surface area contributed by atoms with Gasteiger partial charge in [0, 0.05) is 22.8 Å². The van der Waals surface area contributed by atoms with E-state index >= 15 is 0 Å². The average molecular weight is 370 g/mol. The molecule has 134 valence electrons. The summed E-state index contributed by atoms with van der Waals surface area (Å²) in [5, 5.41) is 8.10. The molecule has 0 radical (unpaired) electrons. The van der Waals surface area contributed by atoms with Crippen LogP contribution in [-0.4, -0.2) is 25.5 Å². The third-order valence-corrected chi connectivity index (χ3v) is 5.34. The van der Waals surface area contributed by atoms with Gasteiger partial charge in [-0.05, 0) is 61.9 Å². The van der Waals surface area contributed by atoms with E-state index in [2.05, 4.69) is 20.4 Å². The van der Waals surface area contributed by atoms with Crippen molar-refractivity contribution in [3.63, 3.8) is 0 Å². The van der Waals surface area contributed by atoms with Crippen LogP contribution in [-0.2, 0) is 17.6 Å². The largest absolute Gasteiger partial charge is 0.349 e. The Kier molecular flexibility index (Phi) is 4.36. The van der Waals surface area contributed by atoms with Crippen LogP contribution >= 0.6 is 11.6 Å². The normalized spacial score (nSPS) is 16.0. The Balaban J connectivity index is 1.44. The molecule has 1 aromatic carbocycles. The number of carbonyl (C=O) groups excluding carboxylic acids is 1. The van der Waals surface area contributed by atoms with Crippen LogP contribution in [0.4, 0.5) is 0 Å². The molecule has 0 saturated carbocycles. The van der Waals surface area contributed by atoms with Gasteiger partial charge in [-0.25, -0.2) is 9.50 Å². The van der Waals surface area contributed by atoms with Crippen molar-refractivity contribution in [1.29, 1.82) is 0 Å². The van der Waals surface area contributed by atoms with E-state index in [-0.39, 0.29) is 11.9 Å². The maximum atomic E-state index is 12.5. The molecule has 7 heteroatoms. The van der Waals surface area contributed by atoms with Crippen molar-refractivity contribution in [3.05, 3.63) is 57.6 Å². The Bertz CT molecular complexity index is 997. The van der Waals surface area contributed by atoms with Gasteiger partial charge in [0.05, 0.1) is 6.04 Å². The van der Waals surface area contributed by atoms with Crippen LogP contribution in [0.15, 0.2) is 24.5 Å². The zero-order chi connectivity index (χ0) is 18.3. The van der Waals surface area contributed by atoms with Crippen molar-refractivity contribution in [3.8, 4) is 0 Å². The van der Waals surface area contributed by atoms with Gasteiger partial charge >= 0.3 is 0 Å². The number of benzene rings is 1. The number of amides is 1. The van der Waals surface area contributed by atoms with Crippen molar-refractivity contribution in [2.75, 3.05) is 0 Å². The fourth-order valence-electron chi connectivity index (χ4n) is 3.76. The number of fused-ring (bicyclic) bond motifs is 2. The van der Waals surface area contributed by atoms with E-state index in [1.807, 2.05) is 32.0 Å². The molecule has 1 unspecified atom stereocenters. The van der Waals surface area contributed by atoms with Crippen LogP contribution < -0.4 is 5.32 Å². The molecule has 1 atom stereocenters. The number of aryl methyl sites for hydroxylation is 3. The van der Waals surface area contributed by atoms with Gasteiger partial charge in [-0.2, -0.15) is 10.1 Å². The van der Waals surface area contributed by atoms with Gasteiger partial charge in [0.15, 0.2) is 0 Å². The van der Waals surface area contributed by atoms with Crippen LogP contribution in [0.3, 0.4) is 0 Å². The van der Waals surface area contributed by atoms with Gasteiger partial charge in [-0.3, -0.25) is 4.79 Å². The second-order valence-electron chi connectivity index (χ2n) is 6.73. The minimum absolute atomic E-state index is 0.0512. The number of hydrogen-bond acceptors (Lipinski definition) is 4. The van der Waals surface area contributed by atoms with E-state index in [1.54, 1.807) is 4.52 Å². The molecule has 1 N–H and O–H groups in total. The number of nitrogens with zero attached hydrogens (tertiary/aromatic N) is 4. The molecule has 6 nitrogen and oxygen atoms in total. The van der Waals surface area contributed by atoms with Crippen molar-refractivity contribution in [2.24, 2.45) is 0 Å². The monoisotopic (exact) mass is 369 g/mol. The van der Waals surface area contributed by atoms with E-state index in [4.69, 9.17) is 11.6 Å². The van der Waals surface area contributed by atoms with Crippen LogP contribution in [0.2, 0.25) is 5.02 Å². The summed E-state index contributed by atoms with van der Waals surface area (Å²) in [7, 11) is 0. The summed E-state index contributed by atoms with van der Waals surface area (Å²) in [6.07, 6.45) is 4.42. The second kappa shape index (κ2) is 6.68. The molecule has 1 aliphatic carbocycles. The van der Waals surface area contributed by atoms with Crippen molar-refractivity contribution < 1.29 is 4.79 Å². The molecule has 2 aromatic heterocycles. The Hall–Kier alpha value is -2.47. The standard InChI is InChI=1S/C19H20ClN5O/c1-11-15(12(2)25-19(23-11)21-10-22-25)6-8-18(26)24-17-7-3-13-9-14(20)4-5-16(13)17/h4-5,9-10,17H,3,6-8H2,1-2H3,(H,24,26). The Morgan fingerprint density at radius 1 is 1.38 bits per heavy atom. The molecule has 0 saturated heterocycles. The Labute approximate surface area is 156 Å². The first-order chi connectivity index (χ1) is 12.5. The summed E-state index contributed by atoms with van der Waals surface area (Å²) < 4.78 is 1.72. The van der Waals surface area contributed by atoms with Crippen LogP contribution in [0.1, 0.15) is 47.0 Å². The predicted molar refractivity (Wildman–Crippen MR) is 99.2 cm³/mol. The zero-order valence-electron chi connectivity index (χ0n) is 14.8. The fraction of sp³-hybridized carbons (Fsp3) is 0.368. The first-order valence-corrected chi connectivity index (χ1v) is 9.14. The summed E-state index contributed by atoms with van der Waals surface area (Å²) in [6, 6.07) is 5.98. The van der Waals surface area contributed by atoms with E-state index in [0.717, 1.165) is 34.8 Å². The Morgan fingerprint density at radius 3 is 3.08 bits per heavy atom. The van der Waals surface area contributed by atoms with E-state index in [9.17, 15) is 4.79 Å². The van der Waals surface area contributed by atoms with E-state index in [0.29, 0.717) is 18.6 Å². The molecular weight excluding hydrogens is 350 g/mol. The first-order valence-electron chi connectivity index (χ1n) is 8.76. The molecule has 4 rings (SSSR count). The van der Waals surface area contributed by atoms with Gasteiger partial charge in [0.1, 0.15) is 6.33 Å². The highest BCUT2D eigenvalue weighted by Gasteiger charge is 2.24. The third kappa shape index (κ3) is 3.05. The average Bonchev–Trinajstić information content (AvgIpc) is 3.21. The lowest BCUT2D eigenvalue weighted by atomic mass is 10.1. The minimum atomic E-state index is 0.0512. The second-order valence-corrected chi connectivity index (χ2v) is 7.17. The molecule has 1 amide bonds. The topological polar surface area (TPSA) is 72.2 Å².